The first kappa shape index (κ1) is 15.0. The van der Waals surface area contributed by atoms with Gasteiger partial charge in [0, 0.05) is 18.7 Å². The Labute approximate surface area is 115 Å². The predicted molar refractivity (Wildman–Crippen MR) is 78.7 cm³/mol. The summed E-state index contributed by atoms with van der Waals surface area (Å²) in [6.07, 6.45) is 0.824. The third-order valence-electron chi connectivity index (χ3n) is 2.62. The average Bonchev–Trinajstić information content (AvgIpc) is 2.26. The van der Waals surface area contributed by atoms with Crippen LogP contribution in [0.25, 0.3) is 0 Å². The maximum absolute atomic E-state index is 10.7. The van der Waals surface area contributed by atoms with Crippen LogP contribution in [-0.4, -0.2) is 19.4 Å². The van der Waals surface area contributed by atoms with Crippen molar-refractivity contribution in [3.8, 4) is 0 Å². The molecule has 0 spiro atoms. The largest absolute Gasteiger partial charge is 0.370 e. The lowest BCUT2D eigenvalue weighted by Crippen LogP contribution is -2.31. The molecular weight excluding hydrogens is 246 g/mol. The molecule has 100 valence electrons. The number of carbonyl (C=O) groups is 1. The molecule has 0 aliphatic rings. The summed E-state index contributed by atoms with van der Waals surface area (Å²) in [5.74, 6) is 1.15. The Balaban J connectivity index is 3.00. The van der Waals surface area contributed by atoms with Gasteiger partial charge in [-0.1, -0.05) is 39.3 Å². The molecule has 0 aliphatic heterocycles. The Morgan fingerprint density at radius 1 is 1.17 bits per heavy atom. The first-order valence-electron chi connectivity index (χ1n) is 6.43. The second kappa shape index (κ2) is 6.79. The summed E-state index contributed by atoms with van der Waals surface area (Å²) in [5, 5.41) is 0.654. The molecule has 0 aliphatic carbocycles. The van der Waals surface area contributed by atoms with Crippen LogP contribution >= 0.6 is 11.6 Å². The number of halogens is 1. The molecule has 1 rings (SSSR count). The molecule has 0 aromatic heterocycles. The van der Waals surface area contributed by atoms with E-state index in [4.69, 9.17) is 11.6 Å². The van der Waals surface area contributed by atoms with E-state index in [-0.39, 0.29) is 0 Å². The summed E-state index contributed by atoms with van der Waals surface area (Å²) in [6.45, 7) is 10.7. The van der Waals surface area contributed by atoms with Crippen molar-refractivity contribution in [3.63, 3.8) is 0 Å². The van der Waals surface area contributed by atoms with Crippen LogP contribution < -0.4 is 4.90 Å². The molecule has 3 heteroatoms. The highest BCUT2D eigenvalue weighted by atomic mass is 35.5. The second-order valence-corrected chi connectivity index (χ2v) is 5.93. The van der Waals surface area contributed by atoms with Crippen LogP contribution in [0.2, 0.25) is 5.02 Å². The van der Waals surface area contributed by atoms with E-state index in [1.54, 1.807) is 6.07 Å². The normalized spacial score (nSPS) is 11.1. The monoisotopic (exact) mass is 267 g/mol. The Morgan fingerprint density at radius 2 is 1.72 bits per heavy atom. The highest BCUT2D eigenvalue weighted by molar-refractivity contribution is 6.33. The minimum absolute atomic E-state index is 0.575. The van der Waals surface area contributed by atoms with Crippen molar-refractivity contribution in [2.24, 2.45) is 11.8 Å². The molecule has 0 unspecified atom stereocenters. The van der Waals surface area contributed by atoms with E-state index in [9.17, 15) is 4.79 Å². The Morgan fingerprint density at radius 3 is 2.11 bits per heavy atom. The van der Waals surface area contributed by atoms with Gasteiger partial charge < -0.3 is 4.90 Å². The van der Waals surface area contributed by atoms with Gasteiger partial charge in [-0.05, 0) is 30.0 Å². The summed E-state index contributed by atoms with van der Waals surface area (Å²) >= 11 is 6.27. The number of hydrogen-bond acceptors (Lipinski definition) is 2. The van der Waals surface area contributed by atoms with Crippen LogP contribution in [0.3, 0.4) is 0 Å². The van der Waals surface area contributed by atoms with Gasteiger partial charge in [-0.25, -0.2) is 0 Å². The molecule has 2 nitrogen and oxygen atoms in total. The highest BCUT2D eigenvalue weighted by Crippen LogP contribution is 2.28. The molecule has 18 heavy (non-hydrogen) atoms. The number of anilines is 1. The first-order valence-corrected chi connectivity index (χ1v) is 6.81. The molecular formula is C15H22ClNO. The van der Waals surface area contributed by atoms with Crippen LogP contribution in [0.5, 0.6) is 0 Å². The molecule has 0 bridgehead atoms. The number of carbonyl (C=O) groups excluding carboxylic acids is 1. The van der Waals surface area contributed by atoms with E-state index in [0.717, 1.165) is 25.1 Å². The summed E-state index contributed by atoms with van der Waals surface area (Å²) in [5.41, 5.74) is 1.64. The molecule has 0 saturated carbocycles. The SMILES string of the molecule is CC(C)CN(CC(C)C)c1ccc(C=O)cc1Cl. The smallest absolute Gasteiger partial charge is 0.150 e. The number of nitrogens with zero attached hydrogens (tertiary/aromatic N) is 1. The summed E-state index contributed by atoms with van der Waals surface area (Å²) in [7, 11) is 0. The van der Waals surface area contributed by atoms with Gasteiger partial charge in [0.2, 0.25) is 0 Å². The standard InChI is InChI=1S/C15H22ClNO/c1-11(2)8-17(9-12(3)4)15-6-5-13(10-18)7-14(15)16/h5-7,10-12H,8-9H2,1-4H3. The lowest BCUT2D eigenvalue weighted by atomic mass is 10.1. The Hall–Kier alpha value is -1.02. The van der Waals surface area contributed by atoms with Crippen LogP contribution in [0.4, 0.5) is 5.69 Å². The maximum Gasteiger partial charge on any atom is 0.150 e. The predicted octanol–water partition coefficient (Wildman–Crippen LogP) is 4.27. The number of aldehydes is 1. The van der Waals surface area contributed by atoms with Gasteiger partial charge in [-0.15, -0.1) is 0 Å². The van der Waals surface area contributed by atoms with Crippen molar-refractivity contribution < 1.29 is 4.79 Å². The van der Waals surface area contributed by atoms with Crippen molar-refractivity contribution in [1.82, 2.24) is 0 Å². The summed E-state index contributed by atoms with van der Waals surface area (Å²) in [4.78, 5) is 13.0. The zero-order valence-electron chi connectivity index (χ0n) is 11.6. The van der Waals surface area contributed by atoms with E-state index in [0.29, 0.717) is 22.4 Å². The zero-order valence-corrected chi connectivity index (χ0v) is 12.4. The van der Waals surface area contributed by atoms with Crippen LogP contribution in [0.1, 0.15) is 38.1 Å². The fourth-order valence-corrected chi connectivity index (χ4v) is 2.31. The maximum atomic E-state index is 10.7. The summed E-state index contributed by atoms with van der Waals surface area (Å²) < 4.78 is 0. The van der Waals surface area contributed by atoms with Gasteiger partial charge >= 0.3 is 0 Å². The zero-order chi connectivity index (χ0) is 13.7. The van der Waals surface area contributed by atoms with Gasteiger partial charge in [0.15, 0.2) is 0 Å². The molecule has 0 radical (unpaired) electrons. The molecule has 0 fully saturated rings. The van der Waals surface area contributed by atoms with Crippen molar-refractivity contribution in [2.75, 3.05) is 18.0 Å². The fraction of sp³-hybridized carbons (Fsp3) is 0.533. The van der Waals surface area contributed by atoms with E-state index < -0.39 is 0 Å². The minimum atomic E-state index is 0.575. The molecule has 0 amide bonds. The third kappa shape index (κ3) is 4.34. The van der Waals surface area contributed by atoms with Crippen LogP contribution in [-0.2, 0) is 0 Å². The van der Waals surface area contributed by atoms with Gasteiger partial charge in [-0.2, -0.15) is 0 Å². The van der Waals surface area contributed by atoms with Gasteiger partial charge in [0.1, 0.15) is 6.29 Å². The number of hydrogen-bond donors (Lipinski definition) is 0. The van der Waals surface area contributed by atoms with Crippen LogP contribution in [0, 0.1) is 11.8 Å². The average molecular weight is 268 g/mol. The van der Waals surface area contributed by atoms with Crippen LogP contribution in [0.15, 0.2) is 18.2 Å². The Kier molecular flexibility index (Phi) is 5.67. The Bertz CT molecular complexity index is 391. The van der Waals surface area contributed by atoms with Gasteiger partial charge in [0.25, 0.3) is 0 Å². The van der Waals surface area contributed by atoms with Crippen molar-refractivity contribution in [2.45, 2.75) is 27.7 Å². The van der Waals surface area contributed by atoms with Gasteiger partial charge in [-0.3, -0.25) is 4.79 Å². The molecule has 1 aromatic rings. The lowest BCUT2D eigenvalue weighted by molar-refractivity contribution is 0.112. The quantitative estimate of drug-likeness (QED) is 0.718. The fourth-order valence-electron chi connectivity index (χ4n) is 2.01. The minimum Gasteiger partial charge on any atom is -0.370 e. The third-order valence-corrected chi connectivity index (χ3v) is 2.92. The van der Waals surface area contributed by atoms with Crippen molar-refractivity contribution in [3.05, 3.63) is 28.8 Å². The number of rotatable bonds is 6. The number of benzene rings is 1. The van der Waals surface area contributed by atoms with E-state index >= 15 is 0 Å². The summed E-state index contributed by atoms with van der Waals surface area (Å²) in [6, 6.07) is 5.50. The molecule has 0 N–H and O–H groups in total. The van der Waals surface area contributed by atoms with E-state index in [1.165, 1.54) is 0 Å². The first-order chi connectivity index (χ1) is 8.43. The molecule has 0 heterocycles. The molecule has 0 saturated heterocycles. The van der Waals surface area contributed by atoms with E-state index in [1.807, 2.05) is 12.1 Å². The van der Waals surface area contributed by atoms with Crippen molar-refractivity contribution in [1.29, 1.82) is 0 Å². The van der Waals surface area contributed by atoms with Crippen molar-refractivity contribution >= 4 is 23.6 Å². The highest BCUT2D eigenvalue weighted by Gasteiger charge is 2.13. The van der Waals surface area contributed by atoms with E-state index in [2.05, 4.69) is 32.6 Å². The second-order valence-electron chi connectivity index (χ2n) is 5.52. The van der Waals surface area contributed by atoms with Gasteiger partial charge in [0.05, 0.1) is 10.7 Å². The molecule has 1 aromatic carbocycles. The molecule has 0 atom stereocenters. The topological polar surface area (TPSA) is 20.3 Å². The lowest BCUT2D eigenvalue weighted by Gasteiger charge is -2.29.